The highest BCUT2D eigenvalue weighted by atomic mass is 16.6. The summed E-state index contributed by atoms with van der Waals surface area (Å²) in [5.41, 5.74) is 0.0657. The predicted molar refractivity (Wildman–Crippen MR) is 70.8 cm³/mol. The van der Waals surface area contributed by atoms with Crippen LogP contribution in [0.25, 0.3) is 0 Å². The first-order valence-electron chi connectivity index (χ1n) is 7.24. The average molecular weight is 254 g/mol. The van der Waals surface area contributed by atoms with Crippen LogP contribution in [0.2, 0.25) is 0 Å². The minimum absolute atomic E-state index is 0.0657. The minimum atomic E-state index is 0.0657. The van der Waals surface area contributed by atoms with Crippen LogP contribution in [0.5, 0.6) is 0 Å². The molecular formula is C14H26N2O2. The van der Waals surface area contributed by atoms with Crippen LogP contribution in [0.3, 0.4) is 0 Å². The Morgan fingerprint density at radius 2 is 2.00 bits per heavy atom. The maximum absolute atomic E-state index is 6.23. The fourth-order valence-corrected chi connectivity index (χ4v) is 3.52. The molecule has 3 aliphatic rings. The predicted octanol–water partition coefficient (Wildman–Crippen LogP) is 0.959. The van der Waals surface area contributed by atoms with Gasteiger partial charge in [-0.2, -0.15) is 0 Å². The van der Waals surface area contributed by atoms with Crippen LogP contribution in [0.15, 0.2) is 0 Å². The van der Waals surface area contributed by atoms with Crippen LogP contribution in [0.4, 0.5) is 0 Å². The molecule has 3 rings (SSSR count). The van der Waals surface area contributed by atoms with Gasteiger partial charge in [-0.25, -0.2) is 0 Å². The molecule has 1 unspecified atom stereocenters. The van der Waals surface area contributed by atoms with Gasteiger partial charge in [0.15, 0.2) is 0 Å². The second kappa shape index (κ2) is 4.75. The number of morpholine rings is 1. The quantitative estimate of drug-likeness (QED) is 0.749. The molecule has 0 aromatic carbocycles. The molecule has 0 radical (unpaired) electrons. The van der Waals surface area contributed by atoms with Crippen molar-refractivity contribution in [2.75, 3.05) is 40.3 Å². The van der Waals surface area contributed by atoms with Gasteiger partial charge in [-0.15, -0.1) is 0 Å². The lowest BCUT2D eigenvalue weighted by atomic mass is 9.93. The van der Waals surface area contributed by atoms with Gasteiger partial charge in [0.2, 0.25) is 0 Å². The molecule has 0 aliphatic carbocycles. The first-order valence-corrected chi connectivity index (χ1v) is 7.24. The van der Waals surface area contributed by atoms with E-state index in [1.54, 1.807) is 0 Å². The van der Waals surface area contributed by atoms with E-state index in [1.807, 2.05) is 0 Å². The third kappa shape index (κ3) is 2.44. The van der Waals surface area contributed by atoms with Gasteiger partial charge in [0.1, 0.15) is 0 Å². The molecule has 0 spiro atoms. The summed E-state index contributed by atoms with van der Waals surface area (Å²) in [7, 11) is 4.39. The lowest BCUT2D eigenvalue weighted by Gasteiger charge is -2.39. The molecule has 3 aliphatic heterocycles. The standard InChI is InChI=1S/C14H26N2O2/c1-14(4-6-15(2)7-5-14)17-10-13-12-8-11(18-13)9-16(12)3/h11-13H,4-10H2,1-3H3/t11-,12-,13?/m1/s1. The van der Waals surface area contributed by atoms with Gasteiger partial charge >= 0.3 is 0 Å². The first kappa shape index (κ1) is 12.9. The van der Waals surface area contributed by atoms with Gasteiger partial charge in [-0.3, -0.25) is 4.90 Å². The van der Waals surface area contributed by atoms with E-state index < -0.39 is 0 Å². The van der Waals surface area contributed by atoms with Crippen molar-refractivity contribution in [3.05, 3.63) is 0 Å². The van der Waals surface area contributed by atoms with Gasteiger partial charge in [0, 0.05) is 25.7 Å². The Labute approximate surface area is 110 Å². The van der Waals surface area contributed by atoms with Crippen molar-refractivity contribution in [1.29, 1.82) is 0 Å². The van der Waals surface area contributed by atoms with Gasteiger partial charge < -0.3 is 14.4 Å². The van der Waals surface area contributed by atoms with Crippen molar-refractivity contribution in [2.45, 2.75) is 50.0 Å². The number of piperidine rings is 1. The zero-order valence-electron chi connectivity index (χ0n) is 11.9. The Bertz CT molecular complexity index is 302. The fraction of sp³-hybridized carbons (Fsp3) is 1.00. The molecule has 2 bridgehead atoms. The molecule has 0 aromatic rings. The molecule has 104 valence electrons. The van der Waals surface area contributed by atoms with E-state index in [2.05, 4.69) is 30.8 Å². The maximum Gasteiger partial charge on any atom is 0.0968 e. The number of nitrogens with zero attached hydrogens (tertiary/aromatic N) is 2. The summed E-state index contributed by atoms with van der Waals surface area (Å²) in [5, 5.41) is 0. The molecule has 0 aromatic heterocycles. The van der Waals surface area contributed by atoms with Crippen molar-refractivity contribution in [3.63, 3.8) is 0 Å². The van der Waals surface area contributed by atoms with Crippen LogP contribution in [-0.4, -0.2) is 74.0 Å². The number of likely N-dealkylation sites (N-methyl/N-ethyl adjacent to an activating group) is 1. The number of ether oxygens (including phenoxy) is 2. The van der Waals surface area contributed by atoms with E-state index in [9.17, 15) is 0 Å². The lowest BCUT2D eigenvalue weighted by Crippen LogP contribution is -2.47. The van der Waals surface area contributed by atoms with E-state index in [-0.39, 0.29) is 5.60 Å². The maximum atomic E-state index is 6.23. The smallest absolute Gasteiger partial charge is 0.0968 e. The molecule has 3 heterocycles. The molecule has 3 fully saturated rings. The first-order chi connectivity index (χ1) is 8.56. The number of rotatable bonds is 3. The normalized spacial score (nSPS) is 40.5. The van der Waals surface area contributed by atoms with Crippen molar-refractivity contribution >= 4 is 0 Å². The molecule has 3 atom stereocenters. The van der Waals surface area contributed by atoms with Crippen LogP contribution < -0.4 is 0 Å². The van der Waals surface area contributed by atoms with Crippen molar-refractivity contribution in [1.82, 2.24) is 9.80 Å². The molecule has 0 N–H and O–H groups in total. The number of hydrogen-bond donors (Lipinski definition) is 0. The zero-order valence-corrected chi connectivity index (χ0v) is 11.9. The van der Waals surface area contributed by atoms with Gasteiger partial charge in [-0.1, -0.05) is 0 Å². The molecule has 4 nitrogen and oxygen atoms in total. The van der Waals surface area contributed by atoms with E-state index in [1.165, 1.54) is 6.42 Å². The van der Waals surface area contributed by atoms with Crippen molar-refractivity contribution in [2.24, 2.45) is 0 Å². The summed E-state index contributed by atoms with van der Waals surface area (Å²) in [6.07, 6.45) is 4.23. The van der Waals surface area contributed by atoms with Crippen LogP contribution in [-0.2, 0) is 9.47 Å². The summed E-state index contributed by atoms with van der Waals surface area (Å²) in [4.78, 5) is 4.81. The molecule has 3 saturated heterocycles. The Balaban J connectivity index is 1.50. The van der Waals surface area contributed by atoms with Crippen LogP contribution in [0.1, 0.15) is 26.2 Å². The summed E-state index contributed by atoms with van der Waals surface area (Å²) >= 11 is 0. The van der Waals surface area contributed by atoms with Gasteiger partial charge in [0.05, 0.1) is 24.4 Å². The molecule has 0 amide bonds. The number of fused-ring (bicyclic) bond motifs is 2. The highest BCUT2D eigenvalue weighted by molar-refractivity contribution is 4.97. The Kier molecular flexibility index (Phi) is 3.39. The lowest BCUT2D eigenvalue weighted by molar-refractivity contribution is -0.127. The van der Waals surface area contributed by atoms with Crippen LogP contribution >= 0.6 is 0 Å². The molecule has 4 heteroatoms. The van der Waals surface area contributed by atoms with E-state index >= 15 is 0 Å². The van der Waals surface area contributed by atoms with Crippen LogP contribution in [0, 0.1) is 0 Å². The van der Waals surface area contributed by atoms with Gasteiger partial charge in [0.25, 0.3) is 0 Å². The van der Waals surface area contributed by atoms with Crippen molar-refractivity contribution in [3.8, 4) is 0 Å². The second-order valence-corrected chi connectivity index (χ2v) is 6.60. The number of likely N-dealkylation sites (tertiary alicyclic amines) is 2. The summed E-state index contributed by atoms with van der Waals surface area (Å²) in [6.45, 7) is 6.42. The molecule has 0 saturated carbocycles. The van der Waals surface area contributed by atoms with E-state index in [4.69, 9.17) is 9.47 Å². The zero-order chi connectivity index (χ0) is 12.8. The van der Waals surface area contributed by atoms with Crippen molar-refractivity contribution < 1.29 is 9.47 Å². The SMILES string of the molecule is CN1CCC(C)(OCC2O[C@@H]3C[C@H]2N(C)C3)CC1. The highest BCUT2D eigenvalue weighted by Gasteiger charge is 2.45. The minimum Gasteiger partial charge on any atom is -0.372 e. The monoisotopic (exact) mass is 254 g/mol. The highest BCUT2D eigenvalue weighted by Crippen LogP contribution is 2.33. The summed E-state index contributed by atoms with van der Waals surface area (Å²) in [5.74, 6) is 0. The third-order valence-corrected chi connectivity index (χ3v) is 5.00. The topological polar surface area (TPSA) is 24.9 Å². The van der Waals surface area contributed by atoms with E-state index in [0.717, 1.165) is 39.1 Å². The molecule has 18 heavy (non-hydrogen) atoms. The van der Waals surface area contributed by atoms with Gasteiger partial charge in [-0.05, 0) is 40.3 Å². The average Bonchev–Trinajstić information content (AvgIpc) is 2.90. The molecular weight excluding hydrogens is 228 g/mol. The fourth-order valence-electron chi connectivity index (χ4n) is 3.52. The third-order valence-electron chi connectivity index (χ3n) is 5.00. The van der Waals surface area contributed by atoms with E-state index in [0.29, 0.717) is 18.2 Å². The largest absolute Gasteiger partial charge is 0.372 e. The second-order valence-electron chi connectivity index (χ2n) is 6.60. The Hall–Kier alpha value is -0.160. The summed E-state index contributed by atoms with van der Waals surface area (Å²) in [6, 6.07) is 0.588. The number of hydrogen-bond acceptors (Lipinski definition) is 4. The Morgan fingerprint density at radius 1 is 1.28 bits per heavy atom. The summed E-state index contributed by atoms with van der Waals surface area (Å²) < 4.78 is 12.2. The Morgan fingerprint density at radius 3 is 2.61 bits per heavy atom.